The Morgan fingerprint density at radius 3 is 2.50 bits per heavy atom. The fourth-order valence-electron chi connectivity index (χ4n) is 2.34. The molecule has 3 aromatic rings. The minimum atomic E-state index is -0.672. The van der Waals surface area contributed by atoms with Gasteiger partial charge in [-0.15, -0.1) is 0 Å². The number of hydrogen-bond acceptors (Lipinski definition) is 5. The number of aryl methyl sites for hydroxylation is 2. The smallest absolute Gasteiger partial charge is 0.409 e. The zero-order chi connectivity index (χ0) is 17.3. The quantitative estimate of drug-likeness (QED) is 0.454. The fraction of sp³-hybridized carbons (Fsp3) is 0.125. The lowest BCUT2D eigenvalue weighted by molar-refractivity contribution is -0.391. The van der Waals surface area contributed by atoms with Crippen molar-refractivity contribution in [1.29, 1.82) is 0 Å². The Kier molecular flexibility index (Phi) is 3.87. The first-order chi connectivity index (χ1) is 11.5. The molecule has 3 rings (SSSR count). The molecule has 1 heterocycles. The van der Waals surface area contributed by atoms with Crippen LogP contribution in [-0.4, -0.2) is 24.9 Å². The summed E-state index contributed by atoms with van der Waals surface area (Å²) >= 11 is 0. The highest BCUT2D eigenvalue weighted by molar-refractivity contribution is 5.47. The second-order valence-electron chi connectivity index (χ2n) is 5.32. The molecular weight excluding hydrogens is 310 g/mol. The van der Waals surface area contributed by atoms with Crippen LogP contribution in [0.5, 0.6) is 0 Å². The van der Waals surface area contributed by atoms with E-state index >= 15 is 0 Å². The van der Waals surface area contributed by atoms with Gasteiger partial charge in [0.1, 0.15) is 5.69 Å². The maximum absolute atomic E-state index is 11.3. The first-order valence-electron chi connectivity index (χ1n) is 7.21. The number of hydrogen-bond donors (Lipinski definition) is 1. The van der Waals surface area contributed by atoms with E-state index in [-0.39, 0.29) is 5.49 Å². The van der Waals surface area contributed by atoms with Gasteiger partial charge in [-0.25, -0.2) is 4.99 Å². The Balaban J connectivity index is 2.25. The number of nitro groups is 1. The Labute approximate surface area is 137 Å². The molecule has 1 N–H and O–H groups in total. The normalized spacial score (nSPS) is 11.7. The molecule has 0 unspecified atom stereocenters. The van der Waals surface area contributed by atoms with Crippen LogP contribution in [0.3, 0.4) is 0 Å². The van der Waals surface area contributed by atoms with E-state index in [1.807, 2.05) is 26.0 Å². The van der Waals surface area contributed by atoms with Gasteiger partial charge in [0.2, 0.25) is 0 Å². The lowest BCUT2D eigenvalue weighted by atomic mass is 10.1. The van der Waals surface area contributed by atoms with Crippen LogP contribution < -0.4 is 5.49 Å². The second-order valence-corrected chi connectivity index (χ2v) is 5.32. The Bertz CT molecular complexity index is 973. The fourth-order valence-corrected chi connectivity index (χ4v) is 2.34. The molecule has 0 amide bonds. The summed E-state index contributed by atoms with van der Waals surface area (Å²) in [4.78, 5) is 16.5. The van der Waals surface area contributed by atoms with Crippen LogP contribution in [0.1, 0.15) is 11.1 Å². The highest BCUT2D eigenvalue weighted by atomic mass is 16.6. The second kappa shape index (κ2) is 5.99. The average molecular weight is 325 g/mol. The molecule has 0 fully saturated rings. The van der Waals surface area contributed by atoms with Gasteiger partial charge in [-0.1, -0.05) is 40.7 Å². The monoisotopic (exact) mass is 325 g/mol. The van der Waals surface area contributed by atoms with Gasteiger partial charge >= 0.3 is 5.82 Å². The van der Waals surface area contributed by atoms with Crippen LogP contribution in [0.4, 0.5) is 11.5 Å². The third-order valence-electron chi connectivity index (χ3n) is 3.50. The Hall–Kier alpha value is -3.42. The zero-order valence-electron chi connectivity index (χ0n) is 13.1. The molecule has 0 saturated carbocycles. The summed E-state index contributed by atoms with van der Waals surface area (Å²) in [6, 6.07) is 14.1. The van der Waals surface area contributed by atoms with Crippen LogP contribution in [-0.2, 0) is 0 Å². The zero-order valence-corrected chi connectivity index (χ0v) is 13.1. The van der Waals surface area contributed by atoms with Crippen LogP contribution in [0.2, 0.25) is 0 Å². The van der Waals surface area contributed by atoms with Gasteiger partial charge in [0.05, 0.1) is 10.8 Å². The van der Waals surface area contributed by atoms with E-state index in [2.05, 4.69) is 10.1 Å². The van der Waals surface area contributed by atoms with E-state index in [9.17, 15) is 15.3 Å². The molecule has 24 heavy (non-hydrogen) atoms. The predicted octanol–water partition coefficient (Wildman–Crippen LogP) is 2.67. The van der Waals surface area contributed by atoms with Crippen molar-refractivity contribution in [2.45, 2.75) is 13.8 Å². The number of nitrogens with zero attached hydrogens (tertiary/aromatic N) is 5. The molecule has 8 heteroatoms. The van der Waals surface area contributed by atoms with Crippen molar-refractivity contribution in [3.8, 4) is 5.69 Å². The molecule has 2 aromatic carbocycles. The first kappa shape index (κ1) is 15.5. The van der Waals surface area contributed by atoms with E-state index in [1.54, 1.807) is 36.4 Å². The molecule has 0 saturated heterocycles. The summed E-state index contributed by atoms with van der Waals surface area (Å²) < 4.78 is 0. The molecule has 0 bridgehead atoms. The first-order valence-corrected chi connectivity index (χ1v) is 7.21. The van der Waals surface area contributed by atoms with E-state index in [4.69, 9.17) is 0 Å². The van der Waals surface area contributed by atoms with Crippen molar-refractivity contribution in [3.05, 3.63) is 75.3 Å². The molecule has 1 aromatic heterocycles. The lowest BCUT2D eigenvalue weighted by Gasteiger charge is -2.01. The van der Waals surface area contributed by atoms with Gasteiger partial charge in [-0.3, -0.25) is 0 Å². The van der Waals surface area contributed by atoms with Crippen LogP contribution in [0.25, 0.3) is 5.69 Å². The number of para-hydroxylation sites is 1. The van der Waals surface area contributed by atoms with Crippen molar-refractivity contribution >= 4 is 11.5 Å². The van der Waals surface area contributed by atoms with Crippen molar-refractivity contribution < 1.29 is 10.1 Å². The van der Waals surface area contributed by atoms with E-state index in [0.29, 0.717) is 16.2 Å². The van der Waals surface area contributed by atoms with E-state index in [1.165, 1.54) is 0 Å². The molecule has 0 aliphatic rings. The minimum Gasteiger partial charge on any atom is -0.409 e. The van der Waals surface area contributed by atoms with Crippen molar-refractivity contribution in [2.24, 2.45) is 4.99 Å². The summed E-state index contributed by atoms with van der Waals surface area (Å²) in [5, 5.41) is 25.5. The third-order valence-corrected chi connectivity index (χ3v) is 3.50. The molecule has 8 nitrogen and oxygen atoms in total. The Morgan fingerprint density at radius 1 is 1.17 bits per heavy atom. The summed E-state index contributed by atoms with van der Waals surface area (Å²) in [5.41, 5.74) is 2.66. The van der Waals surface area contributed by atoms with Crippen molar-refractivity contribution in [1.82, 2.24) is 14.7 Å². The summed E-state index contributed by atoms with van der Waals surface area (Å²) in [5.74, 6) is -0.527. The van der Waals surface area contributed by atoms with Crippen LogP contribution in [0.15, 0.2) is 53.5 Å². The topological polar surface area (TPSA) is 98.5 Å². The van der Waals surface area contributed by atoms with Crippen molar-refractivity contribution in [2.75, 3.05) is 0 Å². The van der Waals surface area contributed by atoms with Crippen molar-refractivity contribution in [3.63, 3.8) is 0 Å². The van der Waals surface area contributed by atoms with Crippen LogP contribution in [0, 0.1) is 24.0 Å². The highest BCUT2D eigenvalue weighted by Gasteiger charge is 2.24. The minimum absolute atomic E-state index is 0.240. The highest BCUT2D eigenvalue weighted by Crippen LogP contribution is 2.19. The molecule has 0 aliphatic heterocycles. The molecular formula is C16H15N5O3. The molecule has 122 valence electrons. The molecule has 0 spiro atoms. The van der Waals surface area contributed by atoms with E-state index in [0.717, 1.165) is 15.9 Å². The van der Waals surface area contributed by atoms with E-state index < -0.39 is 10.7 Å². The van der Waals surface area contributed by atoms with Gasteiger partial charge in [-0.2, -0.15) is 0 Å². The van der Waals surface area contributed by atoms with Gasteiger partial charge in [0.25, 0.3) is 5.49 Å². The standard InChI is InChI=1S/C16H15N5O3/c1-11-8-9-14(12(2)10-11)17-15-16(21(23)24)18-19(20(15)22)13-6-4-3-5-7-13/h3-10,22H,1-2H3. The van der Waals surface area contributed by atoms with Gasteiger partial charge in [0, 0.05) is 0 Å². The van der Waals surface area contributed by atoms with Gasteiger partial charge in [-0.05, 0) is 47.3 Å². The molecule has 0 radical (unpaired) electrons. The molecule has 0 aliphatic carbocycles. The lowest BCUT2D eigenvalue weighted by Crippen LogP contribution is -2.22. The van der Waals surface area contributed by atoms with Crippen LogP contribution >= 0.6 is 0 Å². The summed E-state index contributed by atoms with van der Waals surface area (Å²) in [6.07, 6.45) is 0. The maximum atomic E-state index is 11.3. The van der Waals surface area contributed by atoms with Gasteiger partial charge < -0.3 is 15.3 Å². The summed E-state index contributed by atoms with van der Waals surface area (Å²) in [6.45, 7) is 3.79. The average Bonchev–Trinajstić information content (AvgIpc) is 2.88. The maximum Gasteiger partial charge on any atom is 0.438 e. The predicted molar refractivity (Wildman–Crippen MR) is 86.5 cm³/mol. The number of benzene rings is 2. The number of aromatic nitrogens is 3. The Morgan fingerprint density at radius 2 is 1.88 bits per heavy atom. The SMILES string of the molecule is Cc1ccc(N=c2c([N+](=O)[O-])nn(-c3ccccc3)n2O)c(C)c1. The summed E-state index contributed by atoms with van der Waals surface area (Å²) in [7, 11) is 0. The van der Waals surface area contributed by atoms with Gasteiger partial charge in [0.15, 0.2) is 0 Å². The molecule has 0 atom stereocenters. The largest absolute Gasteiger partial charge is 0.438 e. The number of rotatable bonds is 3. The third kappa shape index (κ3) is 2.76.